The highest BCUT2D eigenvalue weighted by molar-refractivity contribution is 5.99. The Labute approximate surface area is 89.6 Å². The minimum absolute atomic E-state index is 0.292. The van der Waals surface area contributed by atoms with Crippen molar-refractivity contribution in [1.29, 1.82) is 0 Å². The van der Waals surface area contributed by atoms with Gasteiger partial charge in [-0.05, 0) is 19.8 Å². The molecular weight excluding hydrogens is 195 g/mol. The maximum atomic E-state index is 13.8. The molecule has 0 saturated carbocycles. The normalized spacial score (nSPS) is 25.3. The van der Waals surface area contributed by atoms with E-state index in [-0.39, 0.29) is 0 Å². The Kier molecular flexibility index (Phi) is 3.15. The lowest BCUT2D eigenvalue weighted by Crippen LogP contribution is -2.26. The molecule has 4 heteroatoms. The van der Waals surface area contributed by atoms with E-state index < -0.39 is 11.4 Å². The van der Waals surface area contributed by atoms with Crippen molar-refractivity contribution in [2.24, 2.45) is 4.99 Å². The van der Waals surface area contributed by atoms with E-state index in [9.17, 15) is 4.39 Å². The van der Waals surface area contributed by atoms with E-state index in [0.29, 0.717) is 11.5 Å². The summed E-state index contributed by atoms with van der Waals surface area (Å²) in [4.78, 5) is 5.83. The summed E-state index contributed by atoms with van der Waals surface area (Å²) in [6.07, 6.45) is 0. The van der Waals surface area contributed by atoms with Crippen LogP contribution in [-0.2, 0) is 4.74 Å². The zero-order chi connectivity index (χ0) is 11.6. The van der Waals surface area contributed by atoms with Crippen molar-refractivity contribution >= 4 is 5.84 Å². The highest BCUT2D eigenvalue weighted by atomic mass is 19.1. The highest BCUT2D eigenvalue weighted by Gasteiger charge is 2.31. The lowest BCUT2D eigenvalue weighted by molar-refractivity contribution is 0.0681. The molecule has 1 heterocycles. The molecule has 0 fully saturated rings. The first-order chi connectivity index (χ1) is 6.90. The molecule has 0 bridgehead atoms. The van der Waals surface area contributed by atoms with Crippen molar-refractivity contribution in [1.82, 2.24) is 4.90 Å². The Morgan fingerprint density at radius 2 is 2.07 bits per heavy atom. The average molecular weight is 210 g/mol. The predicted molar refractivity (Wildman–Crippen MR) is 58.1 cm³/mol. The Bertz CT molecular complexity index is 387. The number of nitrogens with zero attached hydrogens (tertiary/aromatic N) is 2. The van der Waals surface area contributed by atoms with Crippen LogP contribution in [0.3, 0.4) is 0 Å². The second kappa shape index (κ2) is 4.03. The monoisotopic (exact) mass is 210 g/mol. The van der Waals surface area contributed by atoms with Gasteiger partial charge in [0.25, 0.3) is 0 Å². The Morgan fingerprint density at radius 3 is 2.53 bits per heavy atom. The number of aliphatic imine (C=N–C) groups is 1. The van der Waals surface area contributed by atoms with Gasteiger partial charge in [-0.3, -0.25) is 0 Å². The molecule has 1 atom stereocenters. The summed E-state index contributed by atoms with van der Waals surface area (Å²) >= 11 is 0. The highest BCUT2D eigenvalue weighted by Crippen LogP contribution is 2.26. The van der Waals surface area contributed by atoms with Gasteiger partial charge in [-0.2, -0.15) is 0 Å². The quantitative estimate of drug-likeness (QED) is 0.614. The van der Waals surface area contributed by atoms with Crippen LogP contribution in [-0.4, -0.2) is 37.5 Å². The van der Waals surface area contributed by atoms with E-state index in [4.69, 9.17) is 4.74 Å². The third-order valence-corrected chi connectivity index (χ3v) is 2.25. The van der Waals surface area contributed by atoms with E-state index in [1.807, 2.05) is 14.1 Å². The summed E-state index contributed by atoms with van der Waals surface area (Å²) in [5.41, 5.74) is -0.897. The van der Waals surface area contributed by atoms with E-state index >= 15 is 0 Å². The minimum atomic E-state index is -1.19. The first-order valence-electron chi connectivity index (χ1n) is 4.62. The molecule has 0 aliphatic carbocycles. The molecule has 1 aliphatic heterocycles. The number of allylic oxidation sites excluding steroid dienone is 1. The summed E-state index contributed by atoms with van der Waals surface area (Å²) in [5.74, 6) is 5.64. The van der Waals surface area contributed by atoms with Gasteiger partial charge in [0, 0.05) is 21.2 Å². The van der Waals surface area contributed by atoms with Gasteiger partial charge in [-0.1, -0.05) is 5.92 Å². The smallest absolute Gasteiger partial charge is 0.181 e. The standard InChI is InChI=1S/C11H15FN2O/c1-8-10(12)11(2,15-5)7-6-9(13-8)14(3)4/h1-5H3/t11-/m0/s1. The van der Waals surface area contributed by atoms with Crippen LogP contribution in [0.15, 0.2) is 16.5 Å². The molecular formula is C11H15FN2O. The van der Waals surface area contributed by atoms with E-state index in [1.165, 1.54) is 7.11 Å². The first kappa shape index (κ1) is 11.7. The van der Waals surface area contributed by atoms with Crippen molar-refractivity contribution in [2.75, 3.05) is 21.2 Å². The third-order valence-electron chi connectivity index (χ3n) is 2.25. The summed E-state index contributed by atoms with van der Waals surface area (Å²) in [7, 11) is 5.06. The molecule has 0 saturated heterocycles. The maximum absolute atomic E-state index is 13.8. The third kappa shape index (κ3) is 2.18. The maximum Gasteiger partial charge on any atom is 0.181 e. The van der Waals surface area contributed by atoms with Crippen LogP contribution < -0.4 is 0 Å². The van der Waals surface area contributed by atoms with E-state index in [2.05, 4.69) is 16.8 Å². The minimum Gasteiger partial charge on any atom is -0.359 e. The molecule has 1 aliphatic rings. The number of amidine groups is 1. The molecule has 0 amide bonds. The van der Waals surface area contributed by atoms with Crippen LogP contribution in [0.25, 0.3) is 0 Å². The fourth-order valence-corrected chi connectivity index (χ4v) is 1.16. The van der Waals surface area contributed by atoms with Gasteiger partial charge in [-0.15, -0.1) is 0 Å². The average Bonchev–Trinajstić information content (AvgIpc) is 2.31. The van der Waals surface area contributed by atoms with Gasteiger partial charge in [-0.25, -0.2) is 9.38 Å². The van der Waals surface area contributed by atoms with Gasteiger partial charge in [0.2, 0.25) is 0 Å². The first-order valence-corrected chi connectivity index (χ1v) is 4.62. The molecule has 0 spiro atoms. The molecule has 0 unspecified atom stereocenters. The van der Waals surface area contributed by atoms with Crippen LogP contribution in [0.4, 0.5) is 4.39 Å². The van der Waals surface area contributed by atoms with Crippen LogP contribution in [0.5, 0.6) is 0 Å². The van der Waals surface area contributed by atoms with E-state index in [1.54, 1.807) is 18.7 Å². The van der Waals surface area contributed by atoms with E-state index in [0.717, 1.165) is 0 Å². The van der Waals surface area contributed by atoms with Gasteiger partial charge < -0.3 is 9.64 Å². The zero-order valence-corrected chi connectivity index (χ0v) is 9.68. The summed E-state index contributed by atoms with van der Waals surface area (Å²) in [6, 6.07) is 0. The molecule has 82 valence electrons. The van der Waals surface area contributed by atoms with Crippen LogP contribution in [0.1, 0.15) is 13.8 Å². The molecule has 1 rings (SSSR count). The predicted octanol–water partition coefficient (Wildman–Crippen LogP) is 1.57. The van der Waals surface area contributed by atoms with Gasteiger partial charge in [0.1, 0.15) is 0 Å². The second-order valence-corrected chi connectivity index (χ2v) is 3.72. The Balaban J connectivity index is 3.26. The summed E-state index contributed by atoms with van der Waals surface area (Å²) < 4.78 is 18.9. The van der Waals surface area contributed by atoms with Crippen molar-refractivity contribution in [3.63, 3.8) is 0 Å². The fourth-order valence-electron chi connectivity index (χ4n) is 1.16. The largest absolute Gasteiger partial charge is 0.359 e. The van der Waals surface area contributed by atoms with Gasteiger partial charge in [0.05, 0.1) is 5.70 Å². The Hall–Kier alpha value is -1.34. The topological polar surface area (TPSA) is 24.8 Å². The van der Waals surface area contributed by atoms with Gasteiger partial charge >= 0.3 is 0 Å². The summed E-state index contributed by atoms with van der Waals surface area (Å²) in [6.45, 7) is 3.19. The number of halogens is 1. The molecule has 3 nitrogen and oxygen atoms in total. The second-order valence-electron chi connectivity index (χ2n) is 3.72. The number of hydrogen-bond acceptors (Lipinski definition) is 3. The Morgan fingerprint density at radius 1 is 1.47 bits per heavy atom. The number of hydrogen-bond donors (Lipinski definition) is 0. The van der Waals surface area contributed by atoms with Crippen molar-refractivity contribution in [3.05, 3.63) is 11.5 Å². The summed E-state index contributed by atoms with van der Waals surface area (Å²) in [5, 5.41) is 0. The number of methoxy groups -OCH3 is 1. The van der Waals surface area contributed by atoms with Crippen LogP contribution in [0, 0.1) is 11.8 Å². The SMILES string of the molecule is CO[C@@]1(C)C#CC(N(C)C)=NC(C)=C1F. The van der Waals surface area contributed by atoms with Crippen molar-refractivity contribution < 1.29 is 9.13 Å². The lowest BCUT2D eigenvalue weighted by atomic mass is 10.1. The molecule has 0 N–H and O–H groups in total. The van der Waals surface area contributed by atoms with Crippen LogP contribution >= 0.6 is 0 Å². The van der Waals surface area contributed by atoms with Crippen molar-refractivity contribution in [3.8, 4) is 11.8 Å². The zero-order valence-electron chi connectivity index (χ0n) is 9.68. The number of ether oxygens (including phenoxy) is 1. The fraction of sp³-hybridized carbons (Fsp3) is 0.545. The lowest BCUT2D eigenvalue weighted by Gasteiger charge is -2.19. The molecule has 0 aromatic carbocycles. The van der Waals surface area contributed by atoms with Gasteiger partial charge in [0.15, 0.2) is 17.3 Å². The molecule has 0 aromatic heterocycles. The molecule has 0 aromatic rings. The molecule has 0 radical (unpaired) electrons. The van der Waals surface area contributed by atoms with Crippen molar-refractivity contribution in [2.45, 2.75) is 19.4 Å². The number of rotatable bonds is 1. The van der Waals surface area contributed by atoms with Crippen LogP contribution in [0.2, 0.25) is 0 Å². The molecule has 15 heavy (non-hydrogen) atoms.